The van der Waals surface area contributed by atoms with Crippen LogP contribution < -0.4 is 10.2 Å². The van der Waals surface area contributed by atoms with Crippen LogP contribution in [0.2, 0.25) is 0 Å². The number of hydrogen-bond donors (Lipinski definition) is 1. The van der Waals surface area contributed by atoms with Gasteiger partial charge in [0.15, 0.2) is 0 Å². The van der Waals surface area contributed by atoms with Crippen molar-refractivity contribution in [1.82, 2.24) is 4.90 Å². The number of furan rings is 1. The molecule has 128 valence electrons. The molecule has 1 aliphatic rings. The maximum atomic E-state index is 12.5. The molecule has 1 amide bonds. The van der Waals surface area contributed by atoms with Crippen LogP contribution >= 0.6 is 0 Å². The Balaban J connectivity index is 1.69. The van der Waals surface area contributed by atoms with Gasteiger partial charge in [-0.2, -0.15) is 0 Å². The van der Waals surface area contributed by atoms with Crippen molar-refractivity contribution in [2.24, 2.45) is 0 Å². The third kappa shape index (κ3) is 3.31. The summed E-state index contributed by atoms with van der Waals surface area (Å²) in [6.45, 7) is 9.85. The molecule has 5 nitrogen and oxygen atoms in total. The normalized spacial score (nSPS) is 15.6. The minimum absolute atomic E-state index is 0.116. The third-order valence-electron chi connectivity index (χ3n) is 4.78. The number of hydrogen-bond acceptors (Lipinski definition) is 4. The molecule has 1 fully saturated rings. The van der Waals surface area contributed by atoms with Crippen LogP contribution in [0, 0.1) is 20.8 Å². The fourth-order valence-corrected chi connectivity index (χ4v) is 3.14. The highest BCUT2D eigenvalue weighted by Gasteiger charge is 2.19. The van der Waals surface area contributed by atoms with Crippen LogP contribution in [0.4, 0.5) is 11.4 Å². The summed E-state index contributed by atoms with van der Waals surface area (Å²) < 4.78 is 5.54. The van der Waals surface area contributed by atoms with Gasteiger partial charge in [-0.05, 0) is 52.1 Å². The molecule has 0 unspecified atom stereocenters. The summed E-state index contributed by atoms with van der Waals surface area (Å²) >= 11 is 0. The molecule has 0 atom stereocenters. The summed E-state index contributed by atoms with van der Waals surface area (Å²) in [4.78, 5) is 17.2. The number of carbonyl (C=O) groups is 1. The summed E-state index contributed by atoms with van der Waals surface area (Å²) in [6, 6.07) is 8.06. The fraction of sp³-hybridized carbons (Fsp3) is 0.421. The second-order valence-corrected chi connectivity index (χ2v) is 6.51. The third-order valence-corrected chi connectivity index (χ3v) is 4.78. The number of aryl methyl sites for hydroxylation is 2. The van der Waals surface area contributed by atoms with Crippen molar-refractivity contribution < 1.29 is 9.21 Å². The van der Waals surface area contributed by atoms with E-state index in [1.807, 2.05) is 32.9 Å². The monoisotopic (exact) mass is 327 g/mol. The highest BCUT2D eigenvalue weighted by atomic mass is 16.3. The molecule has 1 aromatic heterocycles. The van der Waals surface area contributed by atoms with E-state index in [1.54, 1.807) is 0 Å². The first-order valence-corrected chi connectivity index (χ1v) is 8.37. The molecule has 1 aliphatic heterocycles. The second-order valence-electron chi connectivity index (χ2n) is 6.51. The molecule has 2 heterocycles. The van der Waals surface area contributed by atoms with E-state index in [-0.39, 0.29) is 5.91 Å². The second kappa shape index (κ2) is 6.69. The minimum atomic E-state index is -0.116. The quantitative estimate of drug-likeness (QED) is 0.940. The molecule has 1 N–H and O–H groups in total. The zero-order valence-corrected chi connectivity index (χ0v) is 14.8. The molecule has 0 spiro atoms. The summed E-state index contributed by atoms with van der Waals surface area (Å²) in [6.07, 6.45) is 0. The number of nitrogens with zero attached hydrogens (tertiary/aromatic N) is 2. The summed E-state index contributed by atoms with van der Waals surface area (Å²) in [5.74, 6) is 1.34. The van der Waals surface area contributed by atoms with Gasteiger partial charge in [0.25, 0.3) is 5.91 Å². The van der Waals surface area contributed by atoms with Crippen LogP contribution in [-0.2, 0) is 0 Å². The van der Waals surface area contributed by atoms with Crippen molar-refractivity contribution in [3.63, 3.8) is 0 Å². The van der Waals surface area contributed by atoms with Gasteiger partial charge in [-0.25, -0.2) is 0 Å². The van der Waals surface area contributed by atoms with Crippen molar-refractivity contribution >= 4 is 17.3 Å². The Labute approximate surface area is 143 Å². The molecule has 3 rings (SSSR count). The van der Waals surface area contributed by atoms with E-state index in [0.29, 0.717) is 11.3 Å². The predicted octanol–water partition coefficient (Wildman–Crippen LogP) is 3.21. The van der Waals surface area contributed by atoms with Crippen LogP contribution in [-0.4, -0.2) is 44.0 Å². The number of likely N-dealkylation sites (N-methyl/N-ethyl adjacent to an activating group) is 1. The molecule has 0 saturated carbocycles. The average Bonchev–Trinajstić information content (AvgIpc) is 2.81. The van der Waals surface area contributed by atoms with Gasteiger partial charge in [0.1, 0.15) is 11.5 Å². The molecule has 1 aromatic carbocycles. The van der Waals surface area contributed by atoms with Crippen molar-refractivity contribution in [3.8, 4) is 0 Å². The highest BCUT2D eigenvalue weighted by molar-refractivity contribution is 6.06. The number of anilines is 2. The highest BCUT2D eigenvalue weighted by Crippen LogP contribution is 2.23. The SMILES string of the molecule is Cc1oc(C)c(C(=O)Nc2ccc(N3CCN(C)CC3)cc2)c1C. The lowest BCUT2D eigenvalue weighted by atomic mass is 10.1. The lowest BCUT2D eigenvalue weighted by molar-refractivity contribution is 0.102. The molecule has 24 heavy (non-hydrogen) atoms. The van der Waals surface area contributed by atoms with Crippen LogP contribution in [0.25, 0.3) is 0 Å². The van der Waals surface area contributed by atoms with Gasteiger partial charge in [-0.15, -0.1) is 0 Å². The van der Waals surface area contributed by atoms with Gasteiger partial charge < -0.3 is 19.5 Å². The molecule has 0 bridgehead atoms. The van der Waals surface area contributed by atoms with E-state index in [4.69, 9.17) is 4.42 Å². The first-order chi connectivity index (χ1) is 11.5. The largest absolute Gasteiger partial charge is 0.466 e. The maximum absolute atomic E-state index is 12.5. The van der Waals surface area contributed by atoms with Crippen LogP contribution in [0.3, 0.4) is 0 Å². The Bertz CT molecular complexity index is 726. The molecular formula is C19H25N3O2. The van der Waals surface area contributed by atoms with E-state index in [9.17, 15) is 4.79 Å². The van der Waals surface area contributed by atoms with Gasteiger partial charge in [-0.1, -0.05) is 0 Å². The van der Waals surface area contributed by atoms with Gasteiger partial charge >= 0.3 is 0 Å². The van der Waals surface area contributed by atoms with Gasteiger partial charge in [-0.3, -0.25) is 4.79 Å². The zero-order chi connectivity index (χ0) is 17.3. The van der Waals surface area contributed by atoms with E-state index in [0.717, 1.165) is 43.2 Å². The topological polar surface area (TPSA) is 48.7 Å². The van der Waals surface area contributed by atoms with E-state index in [1.165, 1.54) is 5.69 Å². The minimum Gasteiger partial charge on any atom is -0.466 e. The number of carbonyl (C=O) groups excluding carboxylic acids is 1. The van der Waals surface area contributed by atoms with E-state index >= 15 is 0 Å². The fourth-order valence-electron chi connectivity index (χ4n) is 3.14. The molecule has 0 aliphatic carbocycles. The van der Waals surface area contributed by atoms with Crippen molar-refractivity contribution in [1.29, 1.82) is 0 Å². The first kappa shape index (κ1) is 16.6. The standard InChI is InChI=1S/C19H25N3O2/c1-13-14(2)24-15(3)18(13)19(23)20-16-5-7-17(8-6-16)22-11-9-21(4)10-12-22/h5-8H,9-12H2,1-4H3,(H,20,23). The molecule has 1 saturated heterocycles. The van der Waals surface area contributed by atoms with Gasteiger partial charge in [0.2, 0.25) is 0 Å². The Morgan fingerprint density at radius 3 is 2.17 bits per heavy atom. The number of nitrogens with one attached hydrogen (secondary N) is 1. The first-order valence-electron chi connectivity index (χ1n) is 8.37. The number of piperazine rings is 1. The lowest BCUT2D eigenvalue weighted by Crippen LogP contribution is -2.44. The van der Waals surface area contributed by atoms with Gasteiger partial charge in [0.05, 0.1) is 5.56 Å². The number of amides is 1. The van der Waals surface area contributed by atoms with Gasteiger partial charge in [0, 0.05) is 43.1 Å². The molecular weight excluding hydrogens is 302 g/mol. The van der Waals surface area contributed by atoms with Crippen molar-refractivity contribution in [2.45, 2.75) is 20.8 Å². The molecule has 0 radical (unpaired) electrons. The number of benzene rings is 1. The summed E-state index contributed by atoms with van der Waals surface area (Å²) in [7, 11) is 2.15. The number of rotatable bonds is 3. The van der Waals surface area contributed by atoms with Crippen LogP contribution in [0.1, 0.15) is 27.4 Å². The summed E-state index contributed by atoms with van der Waals surface area (Å²) in [5.41, 5.74) is 3.54. The van der Waals surface area contributed by atoms with Crippen molar-refractivity contribution in [3.05, 3.63) is 46.9 Å². The Hall–Kier alpha value is -2.27. The Morgan fingerprint density at radius 1 is 1.00 bits per heavy atom. The van der Waals surface area contributed by atoms with Crippen molar-refractivity contribution in [2.75, 3.05) is 43.4 Å². The Morgan fingerprint density at radius 2 is 1.62 bits per heavy atom. The predicted molar refractivity (Wildman–Crippen MR) is 97.0 cm³/mol. The van der Waals surface area contributed by atoms with E-state index in [2.05, 4.69) is 34.3 Å². The molecule has 2 aromatic rings. The Kier molecular flexibility index (Phi) is 4.62. The zero-order valence-electron chi connectivity index (χ0n) is 14.8. The lowest BCUT2D eigenvalue weighted by Gasteiger charge is -2.34. The molecule has 5 heteroatoms. The smallest absolute Gasteiger partial charge is 0.259 e. The maximum Gasteiger partial charge on any atom is 0.259 e. The summed E-state index contributed by atoms with van der Waals surface area (Å²) in [5, 5.41) is 2.96. The van der Waals surface area contributed by atoms with E-state index < -0.39 is 0 Å². The van der Waals surface area contributed by atoms with Crippen LogP contribution in [0.15, 0.2) is 28.7 Å². The van der Waals surface area contributed by atoms with Crippen LogP contribution in [0.5, 0.6) is 0 Å². The average molecular weight is 327 g/mol.